The number of hydrogen-bond acceptors (Lipinski definition) is 2. The molecule has 0 aliphatic rings. The third-order valence-electron chi connectivity index (χ3n) is 1.97. The molecule has 1 aromatic heterocycles. The zero-order chi connectivity index (χ0) is 9.97. The number of nitrogens with one attached hydrogen (secondary N) is 1. The minimum Gasteiger partial charge on any atom is -0.328 e. The lowest BCUT2D eigenvalue weighted by atomic mass is 10.1. The van der Waals surface area contributed by atoms with Crippen molar-refractivity contribution >= 4 is 34.5 Å². The van der Waals surface area contributed by atoms with E-state index >= 15 is 0 Å². The molecule has 4 heteroatoms. The summed E-state index contributed by atoms with van der Waals surface area (Å²) in [6, 6.07) is 7.31. The first-order chi connectivity index (χ1) is 6.83. The molecule has 3 nitrogen and oxygen atoms in total. The first-order valence-electron chi connectivity index (χ1n) is 4.06. The summed E-state index contributed by atoms with van der Waals surface area (Å²) in [7, 11) is 0. The van der Waals surface area contributed by atoms with Crippen LogP contribution in [0.1, 0.15) is 0 Å². The molecule has 2 aromatic rings. The number of benzene rings is 1. The van der Waals surface area contributed by atoms with Crippen LogP contribution in [0, 0.1) is 0 Å². The van der Waals surface area contributed by atoms with Crippen molar-refractivity contribution in [3.05, 3.63) is 35.6 Å². The zero-order valence-electron chi connectivity index (χ0n) is 7.20. The molecule has 0 aliphatic carbocycles. The van der Waals surface area contributed by atoms with Crippen LogP contribution >= 0.6 is 11.6 Å². The standard InChI is InChI=1S/C10H7ClN2O/c11-10-8-2-1-3-9(13-6-14)7(8)4-5-12-10/h1-6H,(H,13,14). The van der Waals surface area contributed by atoms with Gasteiger partial charge in [0.15, 0.2) is 0 Å². The lowest BCUT2D eigenvalue weighted by molar-refractivity contribution is -0.105. The fourth-order valence-electron chi connectivity index (χ4n) is 1.36. The number of carbonyl (C=O) groups excluding carboxylic acids is 1. The van der Waals surface area contributed by atoms with Crippen LogP contribution in [0.25, 0.3) is 10.8 Å². The molecule has 0 spiro atoms. The monoisotopic (exact) mass is 206 g/mol. The van der Waals surface area contributed by atoms with Gasteiger partial charge in [0.25, 0.3) is 0 Å². The van der Waals surface area contributed by atoms with Crippen LogP contribution in [0.5, 0.6) is 0 Å². The quantitative estimate of drug-likeness (QED) is 0.606. The van der Waals surface area contributed by atoms with Gasteiger partial charge in [0.05, 0.1) is 0 Å². The van der Waals surface area contributed by atoms with Crippen molar-refractivity contribution in [1.29, 1.82) is 0 Å². The van der Waals surface area contributed by atoms with E-state index in [-0.39, 0.29) is 0 Å². The number of hydrogen-bond donors (Lipinski definition) is 1. The second kappa shape index (κ2) is 3.64. The molecule has 70 valence electrons. The Kier molecular flexibility index (Phi) is 2.33. The van der Waals surface area contributed by atoms with Gasteiger partial charge in [-0.25, -0.2) is 4.98 Å². The van der Waals surface area contributed by atoms with E-state index in [0.717, 1.165) is 16.5 Å². The number of rotatable bonds is 2. The summed E-state index contributed by atoms with van der Waals surface area (Å²) in [5, 5.41) is 4.78. The molecule has 1 N–H and O–H groups in total. The molecule has 1 amide bonds. The van der Waals surface area contributed by atoms with Crippen LogP contribution in [0.4, 0.5) is 5.69 Å². The predicted molar refractivity (Wildman–Crippen MR) is 56.4 cm³/mol. The minimum atomic E-state index is 0.442. The van der Waals surface area contributed by atoms with E-state index in [2.05, 4.69) is 10.3 Å². The topological polar surface area (TPSA) is 42.0 Å². The molecule has 1 heterocycles. The largest absolute Gasteiger partial charge is 0.328 e. The molecule has 1 aromatic carbocycles. The first kappa shape index (κ1) is 8.97. The molecule has 0 unspecified atom stereocenters. The minimum absolute atomic E-state index is 0.442. The van der Waals surface area contributed by atoms with Gasteiger partial charge in [0, 0.05) is 22.7 Å². The SMILES string of the molecule is O=CNc1cccc2c(Cl)nccc12. The van der Waals surface area contributed by atoms with Crippen LogP contribution in [0.3, 0.4) is 0 Å². The van der Waals surface area contributed by atoms with Gasteiger partial charge in [0.1, 0.15) is 5.15 Å². The van der Waals surface area contributed by atoms with Gasteiger partial charge in [-0.3, -0.25) is 4.79 Å². The average Bonchev–Trinajstić information content (AvgIpc) is 2.20. The summed E-state index contributed by atoms with van der Waals surface area (Å²) < 4.78 is 0. The van der Waals surface area contributed by atoms with E-state index in [4.69, 9.17) is 11.6 Å². The molecule has 0 fully saturated rings. The highest BCUT2D eigenvalue weighted by Gasteiger charge is 2.02. The summed E-state index contributed by atoms with van der Waals surface area (Å²) in [6.45, 7) is 0. The lowest BCUT2D eigenvalue weighted by Gasteiger charge is -2.04. The highest BCUT2D eigenvalue weighted by atomic mass is 35.5. The summed E-state index contributed by atoms with van der Waals surface area (Å²) in [5.41, 5.74) is 0.738. The molecule has 0 saturated carbocycles. The molecule has 0 saturated heterocycles. The maximum atomic E-state index is 10.3. The van der Waals surface area contributed by atoms with E-state index in [1.54, 1.807) is 6.20 Å². The number of halogens is 1. The van der Waals surface area contributed by atoms with Crippen LogP contribution in [-0.4, -0.2) is 11.4 Å². The van der Waals surface area contributed by atoms with Gasteiger partial charge >= 0.3 is 0 Å². The average molecular weight is 207 g/mol. The molecular weight excluding hydrogens is 200 g/mol. The predicted octanol–water partition coefficient (Wildman–Crippen LogP) is 2.46. The van der Waals surface area contributed by atoms with E-state index in [1.807, 2.05) is 24.3 Å². The smallest absolute Gasteiger partial charge is 0.211 e. The maximum absolute atomic E-state index is 10.3. The van der Waals surface area contributed by atoms with Gasteiger partial charge < -0.3 is 5.32 Å². The van der Waals surface area contributed by atoms with Crippen LogP contribution < -0.4 is 5.32 Å². The number of amides is 1. The number of carbonyl (C=O) groups is 1. The fourth-order valence-corrected chi connectivity index (χ4v) is 1.58. The van der Waals surface area contributed by atoms with Crippen molar-refractivity contribution < 1.29 is 4.79 Å². The van der Waals surface area contributed by atoms with E-state index in [1.165, 1.54) is 0 Å². The van der Waals surface area contributed by atoms with Crippen molar-refractivity contribution in [1.82, 2.24) is 4.98 Å². The summed E-state index contributed by atoms with van der Waals surface area (Å²) in [4.78, 5) is 14.3. The van der Waals surface area contributed by atoms with Crippen molar-refractivity contribution in [3.8, 4) is 0 Å². The van der Waals surface area contributed by atoms with Gasteiger partial charge in [-0.2, -0.15) is 0 Å². The summed E-state index contributed by atoms with van der Waals surface area (Å²) in [6.07, 6.45) is 2.25. The van der Waals surface area contributed by atoms with Gasteiger partial charge in [-0.1, -0.05) is 23.7 Å². The third-order valence-corrected chi connectivity index (χ3v) is 2.27. The van der Waals surface area contributed by atoms with Gasteiger partial charge in [0.2, 0.25) is 6.41 Å². The van der Waals surface area contributed by atoms with Crippen molar-refractivity contribution in [3.63, 3.8) is 0 Å². The van der Waals surface area contributed by atoms with E-state index in [9.17, 15) is 4.79 Å². The Bertz CT molecular complexity index is 485. The normalized spacial score (nSPS) is 10.1. The molecule has 14 heavy (non-hydrogen) atoms. The maximum Gasteiger partial charge on any atom is 0.211 e. The molecule has 0 radical (unpaired) electrons. The Labute approximate surface area is 85.7 Å². The van der Waals surface area contributed by atoms with Crippen molar-refractivity contribution in [2.75, 3.05) is 5.32 Å². The Morgan fingerprint density at radius 2 is 2.14 bits per heavy atom. The number of aromatic nitrogens is 1. The molecule has 2 rings (SSSR count). The van der Waals surface area contributed by atoms with Crippen LogP contribution in [-0.2, 0) is 4.79 Å². The number of pyridine rings is 1. The second-order valence-corrected chi connectivity index (χ2v) is 3.12. The first-order valence-corrected chi connectivity index (χ1v) is 4.44. The second-order valence-electron chi connectivity index (χ2n) is 2.76. The number of fused-ring (bicyclic) bond motifs is 1. The molecular formula is C10H7ClN2O. The fraction of sp³-hybridized carbons (Fsp3) is 0. The molecule has 0 bridgehead atoms. The Hall–Kier alpha value is -1.61. The van der Waals surface area contributed by atoms with Gasteiger partial charge in [-0.05, 0) is 12.1 Å². The number of anilines is 1. The third kappa shape index (κ3) is 1.42. The number of nitrogens with zero attached hydrogens (tertiary/aromatic N) is 1. The van der Waals surface area contributed by atoms with E-state index in [0.29, 0.717) is 11.6 Å². The van der Waals surface area contributed by atoms with Gasteiger partial charge in [-0.15, -0.1) is 0 Å². The van der Waals surface area contributed by atoms with E-state index < -0.39 is 0 Å². The Balaban J connectivity index is 2.74. The van der Waals surface area contributed by atoms with Crippen LogP contribution in [0.15, 0.2) is 30.5 Å². The highest BCUT2D eigenvalue weighted by molar-refractivity contribution is 6.34. The summed E-state index contributed by atoms with van der Waals surface area (Å²) in [5.74, 6) is 0. The Morgan fingerprint density at radius 1 is 1.29 bits per heavy atom. The summed E-state index contributed by atoms with van der Waals surface area (Å²) >= 11 is 5.90. The van der Waals surface area contributed by atoms with Crippen molar-refractivity contribution in [2.45, 2.75) is 0 Å². The van der Waals surface area contributed by atoms with Crippen LogP contribution in [0.2, 0.25) is 5.15 Å². The molecule has 0 aliphatic heterocycles. The van der Waals surface area contributed by atoms with Crippen molar-refractivity contribution in [2.24, 2.45) is 0 Å². The molecule has 0 atom stereocenters. The zero-order valence-corrected chi connectivity index (χ0v) is 7.95. The Morgan fingerprint density at radius 3 is 2.93 bits per heavy atom. The lowest BCUT2D eigenvalue weighted by Crippen LogP contribution is -1.94. The highest BCUT2D eigenvalue weighted by Crippen LogP contribution is 2.26.